The summed E-state index contributed by atoms with van der Waals surface area (Å²) in [6.45, 7) is 2.03. The van der Waals surface area contributed by atoms with Gasteiger partial charge in [0, 0.05) is 5.56 Å². The van der Waals surface area contributed by atoms with Crippen molar-refractivity contribution in [1.82, 2.24) is 15.0 Å². The van der Waals surface area contributed by atoms with Crippen LogP contribution in [0, 0.1) is 6.92 Å². The molecule has 0 N–H and O–H groups in total. The number of aromatic nitrogens is 3. The average Bonchev–Trinajstić information content (AvgIpc) is 2.93. The molecule has 3 rings (SSSR count). The van der Waals surface area contributed by atoms with Crippen molar-refractivity contribution < 1.29 is 4.79 Å². The van der Waals surface area contributed by atoms with Gasteiger partial charge in [0.05, 0.1) is 5.69 Å². The molecule has 0 radical (unpaired) electrons. The van der Waals surface area contributed by atoms with Gasteiger partial charge in [-0.25, -0.2) is 4.68 Å². The highest BCUT2D eigenvalue weighted by atomic mass is 16.1. The van der Waals surface area contributed by atoms with Gasteiger partial charge in [-0.05, 0) is 19.1 Å². The monoisotopic (exact) mass is 263 g/mol. The van der Waals surface area contributed by atoms with Crippen LogP contribution in [0.3, 0.4) is 0 Å². The summed E-state index contributed by atoms with van der Waals surface area (Å²) in [5.41, 5.74) is 4.03. The van der Waals surface area contributed by atoms with E-state index in [2.05, 4.69) is 10.3 Å². The second kappa shape index (κ2) is 5.09. The van der Waals surface area contributed by atoms with Crippen molar-refractivity contribution in [2.75, 3.05) is 0 Å². The van der Waals surface area contributed by atoms with E-state index in [1.165, 1.54) is 5.56 Å². The highest BCUT2D eigenvalue weighted by Gasteiger charge is 2.15. The first-order valence-corrected chi connectivity index (χ1v) is 6.33. The summed E-state index contributed by atoms with van der Waals surface area (Å²) < 4.78 is 1.69. The summed E-state index contributed by atoms with van der Waals surface area (Å²) in [7, 11) is 0. The second-order valence-corrected chi connectivity index (χ2v) is 4.55. The fourth-order valence-electron chi connectivity index (χ4n) is 2.11. The van der Waals surface area contributed by atoms with Gasteiger partial charge in [-0.3, -0.25) is 4.79 Å². The molecule has 0 amide bonds. The third kappa shape index (κ3) is 2.12. The molecule has 3 aromatic rings. The minimum absolute atomic E-state index is 0.344. The van der Waals surface area contributed by atoms with Crippen LogP contribution < -0.4 is 0 Å². The molecule has 0 saturated carbocycles. The van der Waals surface area contributed by atoms with E-state index >= 15 is 0 Å². The minimum Gasteiger partial charge on any atom is -0.296 e. The zero-order chi connectivity index (χ0) is 13.9. The van der Waals surface area contributed by atoms with Crippen LogP contribution >= 0.6 is 0 Å². The smallest absolute Gasteiger partial charge is 0.172 e. The van der Waals surface area contributed by atoms with Gasteiger partial charge in [0.2, 0.25) is 0 Å². The lowest BCUT2D eigenvalue weighted by Gasteiger charge is -2.07. The number of rotatable bonds is 3. The van der Waals surface area contributed by atoms with Crippen LogP contribution in [0.2, 0.25) is 0 Å². The number of carbonyl (C=O) groups excluding carboxylic acids is 1. The molecule has 0 saturated heterocycles. The Hall–Kier alpha value is -2.75. The molecule has 98 valence electrons. The number of benzene rings is 2. The van der Waals surface area contributed by atoms with Crippen LogP contribution in [0.15, 0.2) is 54.6 Å². The number of aryl methyl sites for hydroxylation is 1. The summed E-state index contributed by atoms with van der Waals surface area (Å²) in [5, 5.41) is 8.05. The normalized spacial score (nSPS) is 10.4. The van der Waals surface area contributed by atoms with Crippen LogP contribution in [0.25, 0.3) is 16.9 Å². The predicted octanol–water partition coefficient (Wildman–Crippen LogP) is 3.06. The molecule has 0 aliphatic heterocycles. The molecule has 20 heavy (non-hydrogen) atoms. The minimum atomic E-state index is 0.344. The summed E-state index contributed by atoms with van der Waals surface area (Å²) in [5.74, 6) is 0. The molecule has 1 heterocycles. The summed E-state index contributed by atoms with van der Waals surface area (Å²) in [4.78, 5) is 11.2. The van der Waals surface area contributed by atoms with E-state index in [9.17, 15) is 4.79 Å². The maximum absolute atomic E-state index is 11.2. The molecule has 4 heteroatoms. The zero-order valence-corrected chi connectivity index (χ0v) is 11.0. The second-order valence-electron chi connectivity index (χ2n) is 4.55. The lowest BCUT2D eigenvalue weighted by atomic mass is 10.1. The third-order valence-electron chi connectivity index (χ3n) is 3.13. The highest BCUT2D eigenvalue weighted by Crippen LogP contribution is 2.24. The van der Waals surface area contributed by atoms with E-state index < -0.39 is 0 Å². The van der Waals surface area contributed by atoms with E-state index in [0.717, 1.165) is 17.5 Å². The Balaban J connectivity index is 2.20. The van der Waals surface area contributed by atoms with Gasteiger partial charge in [0.25, 0.3) is 0 Å². The maximum atomic E-state index is 11.2. The third-order valence-corrected chi connectivity index (χ3v) is 3.13. The van der Waals surface area contributed by atoms with Crippen molar-refractivity contribution in [2.45, 2.75) is 6.92 Å². The lowest BCUT2D eigenvalue weighted by molar-refractivity contribution is 0.111. The van der Waals surface area contributed by atoms with Crippen molar-refractivity contribution in [3.63, 3.8) is 0 Å². The predicted molar refractivity (Wildman–Crippen MR) is 76.9 cm³/mol. The Kier molecular flexibility index (Phi) is 3.13. The number of aldehydes is 1. The van der Waals surface area contributed by atoms with Gasteiger partial charge in [0.1, 0.15) is 5.69 Å². The summed E-state index contributed by atoms with van der Waals surface area (Å²) in [6, 6.07) is 17.6. The van der Waals surface area contributed by atoms with E-state index in [4.69, 9.17) is 0 Å². The van der Waals surface area contributed by atoms with E-state index in [1.54, 1.807) is 4.68 Å². The van der Waals surface area contributed by atoms with Crippen molar-refractivity contribution in [2.24, 2.45) is 0 Å². The Morgan fingerprint density at radius 1 is 1.00 bits per heavy atom. The topological polar surface area (TPSA) is 47.8 Å². The van der Waals surface area contributed by atoms with Gasteiger partial charge >= 0.3 is 0 Å². The summed E-state index contributed by atoms with van der Waals surface area (Å²) >= 11 is 0. The number of carbonyl (C=O) groups is 1. The van der Waals surface area contributed by atoms with Crippen molar-refractivity contribution in [1.29, 1.82) is 0 Å². The Morgan fingerprint density at radius 3 is 2.35 bits per heavy atom. The fourth-order valence-corrected chi connectivity index (χ4v) is 2.11. The Bertz CT molecular complexity index is 730. The molecule has 0 atom stereocenters. The van der Waals surface area contributed by atoms with Crippen molar-refractivity contribution in [3.05, 3.63) is 65.9 Å². The molecule has 0 spiro atoms. The van der Waals surface area contributed by atoms with Gasteiger partial charge in [0.15, 0.2) is 12.0 Å². The molecule has 2 aromatic carbocycles. The molecule has 0 unspecified atom stereocenters. The molecular weight excluding hydrogens is 250 g/mol. The van der Waals surface area contributed by atoms with Gasteiger partial charge in [-0.2, -0.15) is 0 Å². The fraction of sp³-hybridized carbons (Fsp3) is 0.0625. The quantitative estimate of drug-likeness (QED) is 0.682. The Labute approximate surface area is 116 Å². The molecule has 0 aliphatic rings. The zero-order valence-electron chi connectivity index (χ0n) is 11.0. The van der Waals surface area contributed by atoms with E-state index in [-0.39, 0.29) is 0 Å². The number of nitrogens with zero attached hydrogens (tertiary/aromatic N) is 3. The molecule has 0 aliphatic carbocycles. The standard InChI is InChI=1S/C16H13N3O/c1-12-7-9-14(10-8-12)19-16(15(11-20)17-18-19)13-5-3-2-4-6-13/h2-11H,1H3. The highest BCUT2D eigenvalue weighted by molar-refractivity contribution is 5.83. The van der Waals surface area contributed by atoms with Gasteiger partial charge in [-0.1, -0.05) is 53.2 Å². The number of hydrogen-bond donors (Lipinski definition) is 0. The number of hydrogen-bond acceptors (Lipinski definition) is 3. The van der Waals surface area contributed by atoms with Crippen LogP contribution in [0.4, 0.5) is 0 Å². The molecule has 0 bridgehead atoms. The summed E-state index contributed by atoms with van der Waals surface area (Å²) in [6.07, 6.45) is 0.736. The molecule has 0 fully saturated rings. The van der Waals surface area contributed by atoms with Gasteiger partial charge in [-0.15, -0.1) is 5.10 Å². The van der Waals surface area contributed by atoms with Crippen LogP contribution in [-0.4, -0.2) is 21.3 Å². The van der Waals surface area contributed by atoms with Crippen molar-refractivity contribution >= 4 is 6.29 Å². The first-order chi connectivity index (χ1) is 9.79. The molecular formula is C16H13N3O. The maximum Gasteiger partial charge on any atom is 0.172 e. The molecule has 4 nitrogen and oxygen atoms in total. The van der Waals surface area contributed by atoms with E-state index in [1.807, 2.05) is 61.5 Å². The van der Waals surface area contributed by atoms with Crippen molar-refractivity contribution in [3.8, 4) is 16.9 Å². The SMILES string of the molecule is Cc1ccc(-n2nnc(C=O)c2-c2ccccc2)cc1. The van der Waals surface area contributed by atoms with Crippen LogP contribution in [-0.2, 0) is 0 Å². The molecule has 1 aromatic heterocycles. The Morgan fingerprint density at radius 2 is 1.70 bits per heavy atom. The lowest BCUT2D eigenvalue weighted by Crippen LogP contribution is -2.00. The first kappa shape index (κ1) is 12.3. The van der Waals surface area contributed by atoms with Crippen LogP contribution in [0.5, 0.6) is 0 Å². The largest absolute Gasteiger partial charge is 0.296 e. The average molecular weight is 263 g/mol. The van der Waals surface area contributed by atoms with Gasteiger partial charge < -0.3 is 0 Å². The first-order valence-electron chi connectivity index (χ1n) is 6.33. The van der Waals surface area contributed by atoms with Crippen LogP contribution in [0.1, 0.15) is 16.1 Å². The van der Waals surface area contributed by atoms with E-state index in [0.29, 0.717) is 11.4 Å².